The summed E-state index contributed by atoms with van der Waals surface area (Å²) in [6.07, 6.45) is 3.68. The highest BCUT2D eigenvalue weighted by Gasteiger charge is 2.04. The van der Waals surface area contributed by atoms with Gasteiger partial charge < -0.3 is 16.0 Å². The number of likely N-dealkylation sites (N-methyl/N-ethyl adjacent to an activating group) is 1. The SMILES string of the molecule is CC(C)CCCC(C)NC(N)=NCCN(C)C(C)C. The Labute approximate surface area is 119 Å². The molecular weight excluding hydrogens is 236 g/mol. The predicted octanol–water partition coefficient (Wildman–Crippen LogP) is 2.45. The van der Waals surface area contributed by atoms with Crippen LogP contribution in [0.15, 0.2) is 4.99 Å². The molecule has 3 N–H and O–H groups in total. The van der Waals surface area contributed by atoms with Gasteiger partial charge in [0.1, 0.15) is 0 Å². The summed E-state index contributed by atoms with van der Waals surface area (Å²) in [5.41, 5.74) is 5.89. The standard InChI is InChI=1S/C15H34N4/c1-12(2)8-7-9-14(5)18-15(16)17-10-11-19(6)13(3)4/h12-14H,7-11H2,1-6H3,(H3,16,17,18). The van der Waals surface area contributed by atoms with Crippen LogP contribution >= 0.6 is 0 Å². The number of hydrogen-bond acceptors (Lipinski definition) is 2. The minimum absolute atomic E-state index is 0.408. The molecule has 0 aliphatic rings. The van der Waals surface area contributed by atoms with E-state index in [0.717, 1.165) is 25.4 Å². The van der Waals surface area contributed by atoms with E-state index in [1.54, 1.807) is 0 Å². The van der Waals surface area contributed by atoms with Gasteiger partial charge in [0.25, 0.3) is 0 Å². The zero-order chi connectivity index (χ0) is 14.8. The molecule has 0 heterocycles. The minimum atomic E-state index is 0.408. The monoisotopic (exact) mass is 270 g/mol. The van der Waals surface area contributed by atoms with E-state index in [0.29, 0.717) is 18.0 Å². The molecule has 0 radical (unpaired) electrons. The van der Waals surface area contributed by atoms with E-state index in [-0.39, 0.29) is 0 Å². The molecule has 0 rings (SSSR count). The summed E-state index contributed by atoms with van der Waals surface area (Å²) in [6.45, 7) is 12.8. The quantitative estimate of drug-likeness (QED) is 0.500. The van der Waals surface area contributed by atoms with Crippen LogP contribution in [0.4, 0.5) is 0 Å². The smallest absolute Gasteiger partial charge is 0.188 e. The molecule has 0 aromatic heterocycles. The predicted molar refractivity (Wildman–Crippen MR) is 85.5 cm³/mol. The zero-order valence-electron chi connectivity index (χ0n) is 13.7. The molecule has 1 unspecified atom stereocenters. The van der Waals surface area contributed by atoms with Gasteiger partial charge in [0, 0.05) is 18.6 Å². The molecule has 19 heavy (non-hydrogen) atoms. The molecule has 0 aromatic carbocycles. The largest absolute Gasteiger partial charge is 0.370 e. The molecule has 0 aliphatic heterocycles. The van der Waals surface area contributed by atoms with Crippen molar-refractivity contribution in [1.29, 1.82) is 0 Å². The zero-order valence-corrected chi connectivity index (χ0v) is 13.7. The topological polar surface area (TPSA) is 53.6 Å². The molecule has 0 aromatic rings. The van der Waals surface area contributed by atoms with E-state index >= 15 is 0 Å². The fourth-order valence-electron chi connectivity index (χ4n) is 1.79. The highest BCUT2D eigenvalue weighted by Crippen LogP contribution is 2.07. The van der Waals surface area contributed by atoms with Crippen molar-refractivity contribution >= 4 is 5.96 Å². The Hall–Kier alpha value is -0.770. The van der Waals surface area contributed by atoms with Crippen molar-refractivity contribution in [2.45, 2.75) is 66.0 Å². The van der Waals surface area contributed by atoms with Crippen LogP contribution in [0, 0.1) is 5.92 Å². The number of aliphatic imine (C=N–C) groups is 1. The van der Waals surface area contributed by atoms with Gasteiger partial charge in [-0.15, -0.1) is 0 Å². The lowest BCUT2D eigenvalue weighted by Crippen LogP contribution is -2.39. The number of nitrogens with zero attached hydrogens (tertiary/aromatic N) is 2. The van der Waals surface area contributed by atoms with Crippen LogP contribution in [0.5, 0.6) is 0 Å². The Morgan fingerprint density at radius 1 is 1.16 bits per heavy atom. The van der Waals surface area contributed by atoms with Gasteiger partial charge in [-0.25, -0.2) is 0 Å². The highest BCUT2D eigenvalue weighted by molar-refractivity contribution is 5.78. The fourth-order valence-corrected chi connectivity index (χ4v) is 1.79. The molecule has 0 spiro atoms. The van der Waals surface area contributed by atoms with Gasteiger partial charge in [-0.2, -0.15) is 0 Å². The summed E-state index contributed by atoms with van der Waals surface area (Å²) in [6, 6.07) is 0.963. The number of rotatable bonds is 9. The van der Waals surface area contributed by atoms with Crippen molar-refractivity contribution < 1.29 is 0 Å². The van der Waals surface area contributed by atoms with Crippen molar-refractivity contribution in [2.75, 3.05) is 20.1 Å². The number of nitrogens with two attached hydrogens (primary N) is 1. The molecule has 0 aliphatic carbocycles. The van der Waals surface area contributed by atoms with Crippen LogP contribution in [0.2, 0.25) is 0 Å². The second kappa shape index (κ2) is 10.1. The van der Waals surface area contributed by atoms with Gasteiger partial charge >= 0.3 is 0 Å². The lowest BCUT2D eigenvalue weighted by molar-refractivity contribution is 0.282. The van der Waals surface area contributed by atoms with E-state index in [2.05, 4.69) is 56.9 Å². The van der Waals surface area contributed by atoms with Crippen molar-refractivity contribution in [3.63, 3.8) is 0 Å². The second-order valence-electron chi connectivity index (χ2n) is 6.21. The average molecular weight is 270 g/mol. The molecule has 0 bridgehead atoms. The van der Waals surface area contributed by atoms with E-state index < -0.39 is 0 Å². The Kier molecular flexibility index (Phi) is 9.66. The maximum Gasteiger partial charge on any atom is 0.188 e. The summed E-state index contributed by atoms with van der Waals surface area (Å²) >= 11 is 0. The third-order valence-electron chi connectivity index (χ3n) is 3.43. The molecule has 1 atom stereocenters. The number of hydrogen-bond donors (Lipinski definition) is 2. The Bertz CT molecular complexity index is 249. The normalized spacial score (nSPS) is 14.5. The van der Waals surface area contributed by atoms with Gasteiger partial charge in [-0.3, -0.25) is 4.99 Å². The van der Waals surface area contributed by atoms with Crippen LogP contribution in [0.3, 0.4) is 0 Å². The number of guanidine groups is 1. The van der Waals surface area contributed by atoms with Crippen molar-refractivity contribution in [3.8, 4) is 0 Å². The summed E-state index contributed by atoms with van der Waals surface area (Å²) in [5.74, 6) is 1.36. The maximum absolute atomic E-state index is 5.89. The third-order valence-corrected chi connectivity index (χ3v) is 3.43. The van der Waals surface area contributed by atoms with Crippen LogP contribution < -0.4 is 11.1 Å². The van der Waals surface area contributed by atoms with Crippen LogP contribution in [-0.2, 0) is 0 Å². The van der Waals surface area contributed by atoms with E-state index in [9.17, 15) is 0 Å². The summed E-state index contributed by atoms with van der Waals surface area (Å²) in [5, 5.41) is 3.27. The Morgan fingerprint density at radius 3 is 2.32 bits per heavy atom. The summed E-state index contributed by atoms with van der Waals surface area (Å²) in [7, 11) is 2.11. The molecule has 0 saturated heterocycles. The maximum atomic E-state index is 5.89. The first-order valence-electron chi connectivity index (χ1n) is 7.59. The fraction of sp³-hybridized carbons (Fsp3) is 0.933. The molecule has 0 amide bonds. The molecule has 0 saturated carbocycles. The lowest BCUT2D eigenvalue weighted by Gasteiger charge is -2.20. The lowest BCUT2D eigenvalue weighted by atomic mass is 10.0. The first-order chi connectivity index (χ1) is 8.82. The van der Waals surface area contributed by atoms with E-state index in [1.165, 1.54) is 12.8 Å². The summed E-state index contributed by atoms with van der Waals surface area (Å²) in [4.78, 5) is 6.64. The van der Waals surface area contributed by atoms with Gasteiger partial charge in [0.2, 0.25) is 0 Å². The van der Waals surface area contributed by atoms with Crippen LogP contribution in [0.25, 0.3) is 0 Å². The van der Waals surface area contributed by atoms with Crippen LogP contribution in [-0.4, -0.2) is 43.1 Å². The van der Waals surface area contributed by atoms with Gasteiger partial charge in [-0.1, -0.05) is 26.7 Å². The van der Waals surface area contributed by atoms with Crippen molar-refractivity contribution in [2.24, 2.45) is 16.6 Å². The average Bonchev–Trinajstić information content (AvgIpc) is 2.27. The first kappa shape index (κ1) is 18.2. The van der Waals surface area contributed by atoms with Crippen molar-refractivity contribution in [3.05, 3.63) is 0 Å². The third kappa shape index (κ3) is 10.8. The van der Waals surface area contributed by atoms with E-state index in [4.69, 9.17) is 5.73 Å². The van der Waals surface area contributed by atoms with E-state index in [1.807, 2.05) is 0 Å². The second-order valence-corrected chi connectivity index (χ2v) is 6.21. The van der Waals surface area contributed by atoms with Gasteiger partial charge in [-0.05, 0) is 40.2 Å². The van der Waals surface area contributed by atoms with Crippen molar-refractivity contribution in [1.82, 2.24) is 10.2 Å². The molecule has 114 valence electrons. The van der Waals surface area contributed by atoms with Gasteiger partial charge in [0.15, 0.2) is 5.96 Å². The highest BCUT2D eigenvalue weighted by atomic mass is 15.2. The summed E-state index contributed by atoms with van der Waals surface area (Å²) < 4.78 is 0. The van der Waals surface area contributed by atoms with Crippen LogP contribution in [0.1, 0.15) is 53.9 Å². The molecule has 0 fully saturated rings. The first-order valence-corrected chi connectivity index (χ1v) is 7.59. The van der Waals surface area contributed by atoms with Gasteiger partial charge in [0.05, 0.1) is 6.54 Å². The Balaban J connectivity index is 3.79. The number of nitrogens with one attached hydrogen (secondary N) is 1. The Morgan fingerprint density at radius 2 is 1.79 bits per heavy atom. The molecular formula is C15H34N4. The minimum Gasteiger partial charge on any atom is -0.370 e. The molecule has 4 nitrogen and oxygen atoms in total. The molecule has 4 heteroatoms.